The summed E-state index contributed by atoms with van der Waals surface area (Å²) in [5, 5.41) is 3.25. The zero-order chi connectivity index (χ0) is 27.9. The van der Waals surface area contributed by atoms with Crippen molar-refractivity contribution in [2.75, 3.05) is 25.6 Å². The monoisotopic (exact) mass is 677 g/mol. The van der Waals surface area contributed by atoms with Crippen LogP contribution in [0.4, 0.5) is 14.9 Å². The maximum Gasteiger partial charge on any atom is 0.411 e. The number of aromatic nitrogens is 4. The molecule has 0 saturated heterocycles. The summed E-state index contributed by atoms with van der Waals surface area (Å²) in [5.41, 5.74) is 5.01. The normalized spacial score (nSPS) is 10.3. The van der Waals surface area contributed by atoms with Crippen LogP contribution in [0, 0.1) is 19.7 Å². The Hall–Kier alpha value is -3.65. The molecule has 0 fully saturated rings. The van der Waals surface area contributed by atoms with Gasteiger partial charge in [0.25, 0.3) is 0 Å². The lowest BCUT2D eigenvalue weighted by atomic mass is 10.1. The minimum Gasteiger partial charge on any atom is -0.487 e. The Kier molecular flexibility index (Phi) is 10.9. The Morgan fingerprint density at radius 2 is 1.80 bits per heavy atom. The highest BCUT2D eigenvalue weighted by Crippen LogP contribution is 2.37. The van der Waals surface area contributed by atoms with E-state index in [1.165, 1.54) is 23.6 Å². The highest BCUT2D eigenvalue weighted by Gasteiger charge is 2.16. The van der Waals surface area contributed by atoms with Crippen molar-refractivity contribution in [3.05, 3.63) is 65.9 Å². The van der Waals surface area contributed by atoms with E-state index in [9.17, 15) is 9.18 Å². The summed E-state index contributed by atoms with van der Waals surface area (Å²) >= 11 is 1.39. The van der Waals surface area contributed by atoms with Crippen LogP contribution in [0.15, 0.2) is 48.8 Å². The summed E-state index contributed by atoms with van der Waals surface area (Å²) in [5.74, 6) is -0.0861. The quantitative estimate of drug-likeness (QED) is 0.141. The zero-order valence-electron chi connectivity index (χ0n) is 22.6. The summed E-state index contributed by atoms with van der Waals surface area (Å²) in [4.78, 5) is 29.6. The number of benzene rings is 2. The lowest BCUT2D eigenvalue weighted by molar-refractivity contribution is 0.136. The maximum atomic E-state index is 14.7. The van der Waals surface area contributed by atoms with Gasteiger partial charge < -0.3 is 14.2 Å². The van der Waals surface area contributed by atoms with Crippen LogP contribution in [-0.2, 0) is 4.74 Å². The number of rotatable bonds is 7. The number of amides is 1. The second-order valence-electron chi connectivity index (χ2n) is 8.16. The fraction of sp³-hybridized carbons (Fsp3) is 0.250. The molecule has 0 radical (unpaired) electrons. The Bertz CT molecular complexity index is 1610. The first kappa shape index (κ1) is 30.9. The summed E-state index contributed by atoms with van der Waals surface area (Å²) in [6, 6.07) is 10.3. The predicted octanol–water partition coefficient (Wildman–Crippen LogP) is 7.34. The van der Waals surface area contributed by atoms with Gasteiger partial charge in [0, 0.05) is 23.4 Å². The average Bonchev–Trinajstić information content (AvgIpc) is 3.35. The molecular formula is C28H29FIN5O4S. The standard InChI is InChI=1S/C26H22FN5O4S.C2H6.HI/c1-14-8-17(24-20(9-14)31-23(34-3)13-29-24)25-32-19-10-18(27)21(11-22(19)37-25)35-6-7-36-26(33)30-16-5-4-15(2)28-12-16;1-2;/h4-5,8-13H,6-7H2,1-3H3,(H,30,33);1-2H3;1H. The van der Waals surface area contributed by atoms with Gasteiger partial charge in [0.05, 0.1) is 46.4 Å². The number of nitrogens with one attached hydrogen (secondary N) is 1. The fourth-order valence-corrected chi connectivity index (χ4v) is 4.64. The molecule has 0 bridgehead atoms. The van der Waals surface area contributed by atoms with Crippen LogP contribution in [0.2, 0.25) is 0 Å². The van der Waals surface area contributed by atoms with Gasteiger partial charge in [0.15, 0.2) is 11.6 Å². The SMILES string of the molecule is CC.COc1cnc2c(-c3nc4cc(F)c(OCCOC(=O)Nc5ccc(C)nc5)cc4s3)cc(C)cc2n1.I. The molecule has 2 aromatic carbocycles. The molecule has 0 aliphatic rings. The van der Waals surface area contributed by atoms with Gasteiger partial charge in [-0.2, -0.15) is 0 Å². The highest BCUT2D eigenvalue weighted by atomic mass is 127. The van der Waals surface area contributed by atoms with E-state index in [0.717, 1.165) is 21.5 Å². The van der Waals surface area contributed by atoms with Crippen molar-refractivity contribution < 1.29 is 23.4 Å². The molecule has 1 amide bonds. The molecule has 0 saturated carbocycles. The Morgan fingerprint density at radius 3 is 2.52 bits per heavy atom. The van der Waals surface area contributed by atoms with Crippen molar-refractivity contribution in [2.24, 2.45) is 0 Å². The number of carbonyl (C=O) groups is 1. The summed E-state index contributed by atoms with van der Waals surface area (Å²) in [6.45, 7) is 7.73. The molecule has 0 aliphatic carbocycles. The summed E-state index contributed by atoms with van der Waals surface area (Å²) in [7, 11) is 1.54. The number of hydrogen-bond donors (Lipinski definition) is 1. The van der Waals surface area contributed by atoms with E-state index >= 15 is 0 Å². The first-order chi connectivity index (χ1) is 18.9. The first-order valence-corrected chi connectivity index (χ1v) is 13.1. The van der Waals surface area contributed by atoms with Gasteiger partial charge in [-0.25, -0.2) is 24.1 Å². The molecule has 40 heavy (non-hydrogen) atoms. The minimum absolute atomic E-state index is 0. The van der Waals surface area contributed by atoms with Gasteiger partial charge in [-0.15, -0.1) is 35.3 Å². The van der Waals surface area contributed by atoms with Crippen LogP contribution in [0.3, 0.4) is 0 Å². The molecule has 0 unspecified atom stereocenters. The molecule has 3 heterocycles. The smallest absolute Gasteiger partial charge is 0.411 e. The van der Waals surface area contributed by atoms with Gasteiger partial charge in [-0.05, 0) is 43.7 Å². The number of pyridine rings is 1. The molecule has 0 aliphatic heterocycles. The predicted molar refractivity (Wildman–Crippen MR) is 166 cm³/mol. The molecule has 1 N–H and O–H groups in total. The van der Waals surface area contributed by atoms with Crippen LogP contribution in [0.1, 0.15) is 25.1 Å². The highest BCUT2D eigenvalue weighted by molar-refractivity contribution is 14.0. The van der Waals surface area contributed by atoms with Crippen LogP contribution in [0.5, 0.6) is 11.6 Å². The zero-order valence-corrected chi connectivity index (χ0v) is 25.8. The number of ether oxygens (including phenoxy) is 3. The number of fused-ring (bicyclic) bond motifs is 2. The number of aryl methyl sites for hydroxylation is 2. The molecule has 5 aromatic rings. The minimum atomic E-state index is -0.650. The average molecular weight is 678 g/mol. The molecule has 210 valence electrons. The molecule has 5 rings (SSSR count). The van der Waals surface area contributed by atoms with Crippen molar-refractivity contribution >= 4 is 68.3 Å². The fourth-order valence-electron chi connectivity index (χ4n) is 3.65. The first-order valence-electron chi connectivity index (χ1n) is 12.3. The second-order valence-corrected chi connectivity index (χ2v) is 9.19. The van der Waals surface area contributed by atoms with Crippen molar-refractivity contribution in [3.63, 3.8) is 0 Å². The van der Waals surface area contributed by atoms with E-state index in [1.54, 1.807) is 31.5 Å². The van der Waals surface area contributed by atoms with Crippen LogP contribution in [-0.4, -0.2) is 46.4 Å². The molecule has 0 atom stereocenters. The number of nitrogens with zero attached hydrogens (tertiary/aromatic N) is 4. The Labute approximate surface area is 252 Å². The van der Waals surface area contributed by atoms with E-state index < -0.39 is 11.9 Å². The van der Waals surface area contributed by atoms with Crippen molar-refractivity contribution in [3.8, 4) is 22.2 Å². The van der Waals surface area contributed by atoms with Gasteiger partial charge in [-0.3, -0.25) is 10.3 Å². The number of anilines is 1. The van der Waals surface area contributed by atoms with E-state index in [1.807, 2.05) is 39.8 Å². The van der Waals surface area contributed by atoms with Crippen LogP contribution in [0.25, 0.3) is 31.8 Å². The van der Waals surface area contributed by atoms with E-state index in [4.69, 9.17) is 14.2 Å². The maximum absolute atomic E-state index is 14.7. The van der Waals surface area contributed by atoms with Gasteiger partial charge in [0.1, 0.15) is 18.2 Å². The van der Waals surface area contributed by atoms with E-state index in [0.29, 0.717) is 33.1 Å². The van der Waals surface area contributed by atoms with Gasteiger partial charge >= 0.3 is 6.09 Å². The lowest BCUT2D eigenvalue weighted by Gasteiger charge is -2.09. The topological polar surface area (TPSA) is 108 Å². The summed E-state index contributed by atoms with van der Waals surface area (Å²) < 4.78 is 31.3. The molecular weight excluding hydrogens is 648 g/mol. The lowest BCUT2D eigenvalue weighted by Crippen LogP contribution is -2.18. The number of methoxy groups -OCH3 is 1. The Balaban J connectivity index is 0.00000144. The van der Waals surface area contributed by atoms with Gasteiger partial charge in [-0.1, -0.05) is 13.8 Å². The third kappa shape index (κ3) is 7.30. The van der Waals surface area contributed by atoms with Crippen molar-refractivity contribution in [1.82, 2.24) is 19.9 Å². The molecule has 0 spiro atoms. The number of carbonyl (C=O) groups excluding carboxylic acids is 1. The van der Waals surface area contributed by atoms with Crippen molar-refractivity contribution in [2.45, 2.75) is 27.7 Å². The van der Waals surface area contributed by atoms with Gasteiger partial charge in [0.2, 0.25) is 5.88 Å². The number of halogens is 2. The van der Waals surface area contributed by atoms with E-state index in [-0.39, 0.29) is 42.9 Å². The van der Waals surface area contributed by atoms with Crippen molar-refractivity contribution in [1.29, 1.82) is 0 Å². The van der Waals surface area contributed by atoms with Crippen LogP contribution < -0.4 is 14.8 Å². The van der Waals surface area contributed by atoms with E-state index in [2.05, 4.69) is 25.3 Å². The summed E-state index contributed by atoms with van der Waals surface area (Å²) in [6.07, 6.45) is 2.44. The number of thiazole rings is 1. The third-order valence-electron chi connectivity index (χ3n) is 5.38. The second kappa shape index (κ2) is 14.1. The van der Waals surface area contributed by atoms with Crippen LogP contribution >= 0.6 is 35.3 Å². The number of hydrogen-bond acceptors (Lipinski definition) is 9. The Morgan fingerprint density at radius 1 is 1.00 bits per heavy atom. The third-order valence-corrected chi connectivity index (χ3v) is 6.43. The molecule has 12 heteroatoms. The molecule has 9 nitrogen and oxygen atoms in total. The largest absolute Gasteiger partial charge is 0.487 e. The molecule has 3 aromatic heterocycles.